The van der Waals surface area contributed by atoms with E-state index in [-0.39, 0.29) is 18.7 Å². The summed E-state index contributed by atoms with van der Waals surface area (Å²) in [4.78, 5) is 2.64. The second-order valence-corrected chi connectivity index (χ2v) is 16.8. The van der Waals surface area contributed by atoms with E-state index < -0.39 is 55.4 Å². The molecule has 314 valence electrons. The number of aliphatic hydroxyl groups is 6. The maximum absolute atomic E-state index is 11.5. The van der Waals surface area contributed by atoms with Crippen LogP contribution in [-0.4, -0.2) is 123 Å². The average molecular weight is 758 g/mol. The summed E-state index contributed by atoms with van der Waals surface area (Å²) in [7, 11) is 0. The van der Waals surface area contributed by atoms with Crippen LogP contribution in [0.4, 0.5) is 0 Å². The Bertz CT molecular complexity index is 868. The summed E-state index contributed by atoms with van der Waals surface area (Å²) in [6, 6.07) is 0.0617. The maximum atomic E-state index is 11.5. The molecular weight excluding hydrogens is 674 g/mol. The normalized spacial score (nSPS) is 28.7. The number of hydrogen-bond acceptors (Lipinski definition) is 11. The fourth-order valence-corrected chi connectivity index (χ4v) is 8.61. The number of rotatable bonds is 31. The molecule has 3 aliphatic rings. The molecule has 7 unspecified atom stereocenters. The van der Waals surface area contributed by atoms with Crippen molar-refractivity contribution in [3.8, 4) is 0 Å². The SMILES string of the molecule is CCCCCCCCCCCCCC[C@@H](O)[C@@H](O)[C@H](COC1OC(CO)C(O)C(O)C1O)C1CC(CCCCCCCCCCN2CCCCC2)NN1. The molecule has 3 aliphatic heterocycles. The van der Waals surface area contributed by atoms with E-state index in [1.54, 1.807) is 0 Å². The molecule has 8 N–H and O–H groups in total. The first-order chi connectivity index (χ1) is 25.8. The average Bonchev–Trinajstić information content (AvgIpc) is 3.64. The Balaban J connectivity index is 1.36. The first-order valence-corrected chi connectivity index (χ1v) is 22.4. The molecule has 3 rings (SSSR count). The molecule has 0 aromatic rings. The minimum absolute atomic E-state index is 0.0382. The molecule has 53 heavy (non-hydrogen) atoms. The van der Waals surface area contributed by atoms with Crippen LogP contribution in [0.5, 0.6) is 0 Å². The molecule has 0 aromatic heterocycles. The molecule has 0 saturated carbocycles. The molecule has 0 radical (unpaired) electrons. The first-order valence-electron chi connectivity index (χ1n) is 22.4. The Morgan fingerprint density at radius 3 is 1.85 bits per heavy atom. The van der Waals surface area contributed by atoms with Gasteiger partial charge in [0.2, 0.25) is 0 Å². The molecule has 0 spiro atoms. The van der Waals surface area contributed by atoms with Gasteiger partial charge >= 0.3 is 0 Å². The summed E-state index contributed by atoms with van der Waals surface area (Å²) in [5.41, 5.74) is 6.77. The third-order valence-corrected chi connectivity index (χ3v) is 12.2. The fraction of sp³-hybridized carbons (Fsp3) is 1.00. The largest absolute Gasteiger partial charge is 0.394 e. The van der Waals surface area contributed by atoms with Crippen LogP contribution in [0, 0.1) is 5.92 Å². The van der Waals surface area contributed by atoms with Gasteiger partial charge in [0.05, 0.1) is 25.4 Å². The Morgan fingerprint density at radius 1 is 0.679 bits per heavy atom. The van der Waals surface area contributed by atoms with Crippen LogP contribution in [-0.2, 0) is 9.47 Å². The van der Waals surface area contributed by atoms with Crippen molar-refractivity contribution in [3.05, 3.63) is 0 Å². The highest BCUT2D eigenvalue weighted by molar-refractivity contribution is 4.93. The number of piperidine rings is 1. The van der Waals surface area contributed by atoms with Gasteiger partial charge in [-0.15, -0.1) is 0 Å². The molecular formula is C42H83N3O8. The molecule has 3 fully saturated rings. The summed E-state index contributed by atoms with van der Waals surface area (Å²) in [5, 5.41) is 63.2. The van der Waals surface area contributed by atoms with Gasteiger partial charge in [0.1, 0.15) is 24.4 Å². The topological polar surface area (TPSA) is 167 Å². The fourth-order valence-electron chi connectivity index (χ4n) is 8.61. The van der Waals surface area contributed by atoms with Gasteiger partial charge in [-0.1, -0.05) is 135 Å². The van der Waals surface area contributed by atoms with Crippen molar-refractivity contribution in [1.82, 2.24) is 15.8 Å². The lowest BCUT2D eigenvalue weighted by atomic mass is 9.86. The number of unbranched alkanes of at least 4 members (excludes halogenated alkanes) is 18. The van der Waals surface area contributed by atoms with Crippen molar-refractivity contribution in [3.63, 3.8) is 0 Å². The van der Waals surface area contributed by atoms with Crippen LogP contribution in [0.2, 0.25) is 0 Å². The number of nitrogens with one attached hydrogen (secondary N) is 2. The van der Waals surface area contributed by atoms with E-state index >= 15 is 0 Å². The summed E-state index contributed by atoms with van der Waals surface area (Å²) in [5.74, 6) is -0.512. The van der Waals surface area contributed by atoms with Crippen molar-refractivity contribution in [2.75, 3.05) is 32.8 Å². The predicted octanol–water partition coefficient (Wildman–Crippen LogP) is 5.46. The minimum atomic E-state index is -1.54. The predicted molar refractivity (Wildman–Crippen MR) is 211 cm³/mol. The van der Waals surface area contributed by atoms with Crippen LogP contribution in [0.25, 0.3) is 0 Å². The maximum Gasteiger partial charge on any atom is 0.186 e. The van der Waals surface area contributed by atoms with Gasteiger partial charge in [-0.25, -0.2) is 0 Å². The van der Waals surface area contributed by atoms with Crippen molar-refractivity contribution >= 4 is 0 Å². The Morgan fingerprint density at radius 2 is 1.25 bits per heavy atom. The van der Waals surface area contributed by atoms with Crippen LogP contribution in [0.15, 0.2) is 0 Å². The van der Waals surface area contributed by atoms with E-state index in [2.05, 4.69) is 22.7 Å². The van der Waals surface area contributed by atoms with E-state index in [1.165, 1.54) is 142 Å². The third-order valence-electron chi connectivity index (χ3n) is 12.2. The number of ether oxygens (including phenoxy) is 2. The van der Waals surface area contributed by atoms with E-state index in [0.29, 0.717) is 6.42 Å². The number of nitrogens with zero attached hydrogens (tertiary/aromatic N) is 1. The van der Waals surface area contributed by atoms with E-state index in [4.69, 9.17) is 9.47 Å². The van der Waals surface area contributed by atoms with Crippen molar-refractivity contribution in [1.29, 1.82) is 0 Å². The van der Waals surface area contributed by atoms with Crippen molar-refractivity contribution in [2.24, 2.45) is 5.92 Å². The summed E-state index contributed by atoms with van der Waals surface area (Å²) < 4.78 is 11.5. The van der Waals surface area contributed by atoms with Gasteiger partial charge in [0.25, 0.3) is 0 Å². The smallest absolute Gasteiger partial charge is 0.186 e. The van der Waals surface area contributed by atoms with Gasteiger partial charge in [-0.3, -0.25) is 10.9 Å². The molecule has 0 aliphatic carbocycles. The highest BCUT2D eigenvalue weighted by Crippen LogP contribution is 2.28. The Labute approximate surface area is 323 Å². The van der Waals surface area contributed by atoms with Gasteiger partial charge in [-0.05, 0) is 58.2 Å². The van der Waals surface area contributed by atoms with Crippen LogP contribution < -0.4 is 10.9 Å². The molecule has 0 amide bonds. The molecule has 10 atom stereocenters. The summed E-state index contributed by atoms with van der Waals surface area (Å²) in [6.45, 7) is 5.55. The summed E-state index contributed by atoms with van der Waals surface area (Å²) in [6.07, 6.45) is 22.6. The van der Waals surface area contributed by atoms with E-state index in [9.17, 15) is 30.6 Å². The van der Waals surface area contributed by atoms with Crippen LogP contribution in [0.3, 0.4) is 0 Å². The van der Waals surface area contributed by atoms with Gasteiger partial charge in [0.15, 0.2) is 6.29 Å². The molecule has 11 heteroatoms. The second kappa shape index (κ2) is 28.9. The van der Waals surface area contributed by atoms with E-state index in [0.717, 1.165) is 38.5 Å². The standard InChI is InChI=1S/C42H83N3O8/c1-2-3-4-5-6-7-8-9-10-14-17-21-26-36(47)38(48)34(32-52-42-41(51)40(50)39(49)37(31-46)53-42)35-30-33(43-44-35)25-20-16-13-11-12-15-18-22-27-45-28-23-19-24-29-45/h33-44,46-51H,2-32H2,1H3/t33?,34-,35?,36-,37?,38+,39?,40?,41?,42?/m1/s1. The first kappa shape index (κ1) is 46.9. The molecule has 11 nitrogen and oxygen atoms in total. The van der Waals surface area contributed by atoms with Crippen LogP contribution >= 0.6 is 0 Å². The molecule has 3 saturated heterocycles. The van der Waals surface area contributed by atoms with Crippen molar-refractivity contribution in [2.45, 2.75) is 229 Å². The van der Waals surface area contributed by atoms with Crippen LogP contribution in [0.1, 0.15) is 174 Å². The lowest BCUT2D eigenvalue weighted by Gasteiger charge is -2.40. The van der Waals surface area contributed by atoms with Gasteiger partial charge in [0, 0.05) is 18.0 Å². The summed E-state index contributed by atoms with van der Waals surface area (Å²) >= 11 is 0. The van der Waals surface area contributed by atoms with Gasteiger partial charge in [-0.2, -0.15) is 0 Å². The molecule has 0 aromatic carbocycles. The Kier molecular flexibility index (Phi) is 25.6. The monoisotopic (exact) mass is 758 g/mol. The zero-order chi connectivity index (χ0) is 38.1. The quantitative estimate of drug-likeness (QED) is 0.0423. The number of likely N-dealkylation sites (tertiary alicyclic amines) is 1. The second-order valence-electron chi connectivity index (χ2n) is 16.8. The van der Waals surface area contributed by atoms with Crippen molar-refractivity contribution < 1.29 is 40.1 Å². The highest BCUT2D eigenvalue weighted by atomic mass is 16.7. The number of hydrogen-bond donors (Lipinski definition) is 8. The van der Waals surface area contributed by atoms with E-state index in [1.807, 2.05) is 0 Å². The molecule has 0 bridgehead atoms. The Hall–Kier alpha value is -0.440. The zero-order valence-electron chi connectivity index (χ0n) is 33.6. The molecule has 3 heterocycles. The number of hydrazine groups is 1. The number of aliphatic hydroxyl groups excluding tert-OH is 6. The highest BCUT2D eigenvalue weighted by Gasteiger charge is 2.45. The lowest BCUT2D eigenvalue weighted by Crippen LogP contribution is -2.59. The van der Waals surface area contributed by atoms with Gasteiger partial charge < -0.3 is 45.0 Å². The third kappa shape index (κ3) is 18.6. The lowest BCUT2D eigenvalue weighted by molar-refractivity contribution is -0.305. The zero-order valence-corrected chi connectivity index (χ0v) is 33.6. The minimum Gasteiger partial charge on any atom is -0.394 e.